The summed E-state index contributed by atoms with van der Waals surface area (Å²) in [5.74, 6) is 2.15. The maximum absolute atomic E-state index is 5.85. The molecular formula is C16H22N4O. The first-order valence-corrected chi connectivity index (χ1v) is 7.39. The van der Waals surface area contributed by atoms with E-state index in [1.165, 1.54) is 16.9 Å². The Morgan fingerprint density at radius 1 is 1.33 bits per heavy atom. The van der Waals surface area contributed by atoms with Crippen molar-refractivity contribution in [3.8, 4) is 5.75 Å². The summed E-state index contributed by atoms with van der Waals surface area (Å²) in [6.45, 7) is 5.07. The van der Waals surface area contributed by atoms with E-state index in [1.807, 2.05) is 23.9 Å². The third kappa shape index (κ3) is 2.61. The molecule has 1 aromatic heterocycles. The molecule has 1 aliphatic rings. The first-order chi connectivity index (χ1) is 10.2. The molecule has 0 saturated heterocycles. The van der Waals surface area contributed by atoms with E-state index in [2.05, 4.69) is 29.1 Å². The maximum atomic E-state index is 5.85. The van der Waals surface area contributed by atoms with E-state index in [-0.39, 0.29) is 0 Å². The van der Waals surface area contributed by atoms with Gasteiger partial charge in [-0.3, -0.25) is 4.68 Å². The van der Waals surface area contributed by atoms with Gasteiger partial charge in [-0.15, -0.1) is 0 Å². The van der Waals surface area contributed by atoms with Gasteiger partial charge in [0.05, 0.1) is 12.2 Å². The zero-order chi connectivity index (χ0) is 14.8. The normalized spacial score (nSPS) is 14.5. The molecule has 1 aliphatic heterocycles. The van der Waals surface area contributed by atoms with Crippen molar-refractivity contribution in [3.05, 3.63) is 41.1 Å². The summed E-state index contributed by atoms with van der Waals surface area (Å²) < 4.78 is 7.82. The van der Waals surface area contributed by atoms with E-state index in [0.717, 1.165) is 31.0 Å². The lowest BCUT2D eigenvalue weighted by Gasteiger charge is -2.23. The summed E-state index contributed by atoms with van der Waals surface area (Å²) in [6, 6.07) is 8.23. The smallest absolute Gasteiger partial charge is 0.130 e. The number of aromatic nitrogens is 2. The van der Waals surface area contributed by atoms with E-state index in [9.17, 15) is 0 Å². The Labute approximate surface area is 125 Å². The van der Waals surface area contributed by atoms with Crippen molar-refractivity contribution in [3.63, 3.8) is 0 Å². The molecule has 0 fully saturated rings. The summed E-state index contributed by atoms with van der Waals surface area (Å²) in [4.78, 5) is 2.34. The minimum Gasteiger partial charge on any atom is -0.491 e. The van der Waals surface area contributed by atoms with Gasteiger partial charge in [-0.2, -0.15) is 5.10 Å². The molecule has 0 amide bonds. The van der Waals surface area contributed by atoms with E-state index in [4.69, 9.17) is 10.5 Å². The lowest BCUT2D eigenvalue weighted by atomic mass is 10.1. The van der Waals surface area contributed by atoms with Crippen LogP contribution in [0.1, 0.15) is 16.8 Å². The highest BCUT2D eigenvalue weighted by molar-refractivity contribution is 5.52. The third-order valence-corrected chi connectivity index (χ3v) is 3.96. The summed E-state index contributed by atoms with van der Waals surface area (Å²) in [5.41, 5.74) is 9.30. The number of rotatable bonds is 3. The van der Waals surface area contributed by atoms with Crippen LogP contribution in [0.3, 0.4) is 0 Å². The average Bonchev–Trinajstić information content (AvgIpc) is 2.65. The molecule has 2 N–H and O–H groups in total. The molecule has 0 saturated carbocycles. The first kappa shape index (κ1) is 13.9. The zero-order valence-corrected chi connectivity index (χ0v) is 12.7. The second-order valence-corrected chi connectivity index (χ2v) is 5.43. The van der Waals surface area contributed by atoms with E-state index in [0.29, 0.717) is 13.2 Å². The molecule has 2 heterocycles. The van der Waals surface area contributed by atoms with Gasteiger partial charge in [0.1, 0.15) is 18.2 Å². The minimum absolute atomic E-state index is 0.639. The number of benzene rings is 1. The van der Waals surface area contributed by atoms with Crippen LogP contribution in [0.4, 0.5) is 5.82 Å². The molecule has 1 aromatic carbocycles. The molecular weight excluding hydrogens is 264 g/mol. The van der Waals surface area contributed by atoms with Crippen molar-refractivity contribution in [1.82, 2.24) is 9.78 Å². The van der Waals surface area contributed by atoms with Crippen molar-refractivity contribution in [2.24, 2.45) is 12.8 Å². The SMILES string of the molecule is Cc1nn(C)c(N2CCOc3ccccc3C2)c1CCN. The molecule has 112 valence electrons. The van der Waals surface area contributed by atoms with Crippen LogP contribution in [-0.2, 0) is 20.0 Å². The molecule has 21 heavy (non-hydrogen) atoms. The van der Waals surface area contributed by atoms with Crippen LogP contribution in [0.2, 0.25) is 0 Å². The predicted molar refractivity (Wildman–Crippen MR) is 83.7 cm³/mol. The van der Waals surface area contributed by atoms with Gasteiger partial charge in [-0.25, -0.2) is 0 Å². The lowest BCUT2D eigenvalue weighted by molar-refractivity contribution is 0.331. The second-order valence-electron chi connectivity index (χ2n) is 5.43. The molecule has 5 nitrogen and oxygen atoms in total. The highest BCUT2D eigenvalue weighted by Crippen LogP contribution is 2.29. The molecule has 0 unspecified atom stereocenters. The number of hydrogen-bond donors (Lipinski definition) is 1. The summed E-state index contributed by atoms with van der Waals surface area (Å²) >= 11 is 0. The topological polar surface area (TPSA) is 56.3 Å². The van der Waals surface area contributed by atoms with Gasteiger partial charge in [0.25, 0.3) is 0 Å². The Hall–Kier alpha value is -2.01. The monoisotopic (exact) mass is 286 g/mol. The van der Waals surface area contributed by atoms with Crippen molar-refractivity contribution < 1.29 is 4.74 Å². The van der Waals surface area contributed by atoms with Gasteiger partial charge >= 0.3 is 0 Å². The fourth-order valence-electron chi connectivity index (χ4n) is 3.03. The lowest BCUT2D eigenvalue weighted by Crippen LogP contribution is -2.28. The fraction of sp³-hybridized carbons (Fsp3) is 0.438. The van der Waals surface area contributed by atoms with Crippen molar-refractivity contribution in [2.75, 3.05) is 24.6 Å². The summed E-state index contributed by atoms with van der Waals surface area (Å²) in [7, 11) is 2.00. The number of ether oxygens (including phenoxy) is 1. The average molecular weight is 286 g/mol. The van der Waals surface area contributed by atoms with Crippen LogP contribution in [-0.4, -0.2) is 29.5 Å². The van der Waals surface area contributed by atoms with Gasteiger partial charge < -0.3 is 15.4 Å². The predicted octanol–water partition coefficient (Wildman–Crippen LogP) is 1.63. The van der Waals surface area contributed by atoms with Crippen LogP contribution in [0.15, 0.2) is 24.3 Å². The quantitative estimate of drug-likeness (QED) is 0.931. The molecule has 0 bridgehead atoms. The molecule has 0 radical (unpaired) electrons. The number of anilines is 1. The Bertz CT molecular complexity index is 635. The minimum atomic E-state index is 0.639. The number of hydrogen-bond acceptors (Lipinski definition) is 4. The standard InChI is InChI=1S/C16H22N4O/c1-12-14(7-8-17)16(19(2)18-12)20-9-10-21-15-6-4-3-5-13(15)11-20/h3-6H,7-11,17H2,1-2H3. The Morgan fingerprint density at radius 3 is 2.95 bits per heavy atom. The van der Waals surface area contributed by atoms with Crippen LogP contribution >= 0.6 is 0 Å². The van der Waals surface area contributed by atoms with Gasteiger partial charge in [-0.1, -0.05) is 18.2 Å². The van der Waals surface area contributed by atoms with Gasteiger partial charge in [0.15, 0.2) is 0 Å². The molecule has 0 aliphatic carbocycles. The Kier molecular flexibility index (Phi) is 3.84. The summed E-state index contributed by atoms with van der Waals surface area (Å²) in [5, 5.41) is 4.57. The Morgan fingerprint density at radius 2 is 2.14 bits per heavy atom. The second kappa shape index (κ2) is 5.77. The maximum Gasteiger partial charge on any atom is 0.130 e. The molecule has 0 atom stereocenters. The van der Waals surface area contributed by atoms with Gasteiger partial charge in [0.2, 0.25) is 0 Å². The zero-order valence-electron chi connectivity index (χ0n) is 12.7. The van der Waals surface area contributed by atoms with E-state index < -0.39 is 0 Å². The largest absolute Gasteiger partial charge is 0.491 e. The van der Waals surface area contributed by atoms with E-state index in [1.54, 1.807) is 0 Å². The number of nitrogens with two attached hydrogens (primary N) is 1. The number of nitrogens with zero attached hydrogens (tertiary/aromatic N) is 3. The molecule has 3 rings (SSSR count). The first-order valence-electron chi connectivity index (χ1n) is 7.39. The third-order valence-electron chi connectivity index (χ3n) is 3.96. The molecule has 2 aromatic rings. The summed E-state index contributed by atoms with van der Waals surface area (Å²) in [6.07, 6.45) is 0.855. The van der Waals surface area contributed by atoms with E-state index >= 15 is 0 Å². The number of fused-ring (bicyclic) bond motifs is 1. The van der Waals surface area contributed by atoms with Crippen LogP contribution in [0.5, 0.6) is 5.75 Å². The van der Waals surface area contributed by atoms with Gasteiger partial charge in [-0.05, 0) is 26.0 Å². The highest BCUT2D eigenvalue weighted by atomic mass is 16.5. The Balaban J connectivity index is 1.98. The van der Waals surface area contributed by atoms with Crippen molar-refractivity contribution in [2.45, 2.75) is 19.9 Å². The number of para-hydroxylation sites is 1. The van der Waals surface area contributed by atoms with Crippen molar-refractivity contribution in [1.29, 1.82) is 0 Å². The van der Waals surface area contributed by atoms with Crippen LogP contribution < -0.4 is 15.4 Å². The fourth-order valence-corrected chi connectivity index (χ4v) is 3.03. The molecule has 5 heteroatoms. The molecule has 0 spiro atoms. The van der Waals surface area contributed by atoms with Crippen molar-refractivity contribution >= 4 is 5.82 Å². The number of aryl methyl sites for hydroxylation is 2. The van der Waals surface area contributed by atoms with Gasteiger partial charge in [0, 0.05) is 24.7 Å². The highest BCUT2D eigenvalue weighted by Gasteiger charge is 2.22. The van der Waals surface area contributed by atoms with Crippen LogP contribution in [0, 0.1) is 6.92 Å². The van der Waals surface area contributed by atoms with Crippen LogP contribution in [0.25, 0.3) is 0 Å².